The summed E-state index contributed by atoms with van der Waals surface area (Å²) in [4.78, 5) is 34.8. The molecule has 0 unspecified atom stereocenters. The largest absolute Gasteiger partial charge is 0.480 e. The van der Waals surface area contributed by atoms with E-state index in [1.54, 1.807) is 12.1 Å². The van der Waals surface area contributed by atoms with E-state index in [9.17, 15) is 19.5 Å². The van der Waals surface area contributed by atoms with Gasteiger partial charge >= 0.3 is 17.9 Å². The highest BCUT2D eigenvalue weighted by atomic mass is 16.4. The molecule has 0 aliphatic carbocycles. The van der Waals surface area contributed by atoms with Gasteiger partial charge in [-0.15, -0.1) is 0 Å². The van der Waals surface area contributed by atoms with Gasteiger partial charge in [-0.1, -0.05) is 12.1 Å². The first-order chi connectivity index (χ1) is 10.2. The van der Waals surface area contributed by atoms with Gasteiger partial charge in [-0.3, -0.25) is 14.5 Å². The number of aromatic carboxylic acids is 1. The van der Waals surface area contributed by atoms with E-state index in [1.165, 1.54) is 17.0 Å². The number of rotatable bonds is 5. The fourth-order valence-corrected chi connectivity index (χ4v) is 2.56. The van der Waals surface area contributed by atoms with E-state index < -0.39 is 29.5 Å². The molecule has 1 fully saturated rings. The third kappa shape index (κ3) is 3.07. The Balaban J connectivity index is 2.17. The van der Waals surface area contributed by atoms with Crippen molar-refractivity contribution in [3.05, 3.63) is 35.4 Å². The fraction of sp³-hybridized carbons (Fsp3) is 0.357. The van der Waals surface area contributed by atoms with Crippen LogP contribution in [0.15, 0.2) is 24.3 Å². The van der Waals surface area contributed by atoms with Gasteiger partial charge in [-0.2, -0.15) is 0 Å². The van der Waals surface area contributed by atoms with Crippen LogP contribution in [0, 0.1) is 0 Å². The molecule has 2 rings (SSSR count). The third-order valence-corrected chi connectivity index (χ3v) is 3.78. The van der Waals surface area contributed by atoms with E-state index in [0.717, 1.165) is 0 Å². The topological polar surface area (TPSA) is 141 Å². The lowest BCUT2D eigenvalue weighted by atomic mass is 9.98. The zero-order valence-electron chi connectivity index (χ0n) is 11.6. The number of nitrogens with two attached hydrogens (primary N) is 1. The van der Waals surface area contributed by atoms with Gasteiger partial charge in [0.2, 0.25) is 0 Å². The van der Waals surface area contributed by atoms with Gasteiger partial charge in [0, 0.05) is 19.5 Å². The van der Waals surface area contributed by atoms with Crippen molar-refractivity contribution in [3.8, 4) is 0 Å². The van der Waals surface area contributed by atoms with Crippen LogP contribution in [0.3, 0.4) is 0 Å². The molecular formula is C14H16N2O6. The average Bonchev–Trinajstić information content (AvgIpc) is 2.78. The zero-order valence-corrected chi connectivity index (χ0v) is 11.6. The first-order valence-electron chi connectivity index (χ1n) is 6.54. The molecule has 0 saturated carbocycles. The lowest BCUT2D eigenvalue weighted by molar-refractivity contribution is -0.142. The summed E-state index contributed by atoms with van der Waals surface area (Å²) < 4.78 is 0. The minimum absolute atomic E-state index is 0.0834. The highest BCUT2D eigenvalue weighted by molar-refractivity contribution is 5.87. The summed E-state index contributed by atoms with van der Waals surface area (Å²) in [6.07, 6.45) is -0.176. The van der Waals surface area contributed by atoms with Crippen molar-refractivity contribution in [2.75, 3.05) is 6.54 Å². The number of benzene rings is 1. The Morgan fingerprint density at radius 3 is 2.23 bits per heavy atom. The third-order valence-electron chi connectivity index (χ3n) is 3.78. The van der Waals surface area contributed by atoms with Crippen LogP contribution in [-0.2, 0) is 16.1 Å². The smallest absolute Gasteiger partial charge is 0.335 e. The Kier molecular flexibility index (Phi) is 4.16. The fourth-order valence-electron chi connectivity index (χ4n) is 2.56. The standard InChI is InChI=1S/C14H16N2O6/c15-14(13(21)22)5-10(12(19)20)16(7-14)6-8-1-3-9(4-2-8)11(17)18/h1-4,10H,5-7,15H2,(H,17,18)(H,19,20)(H,21,22)/t10-,14-/m1/s1. The van der Waals surface area contributed by atoms with Crippen LogP contribution >= 0.6 is 0 Å². The van der Waals surface area contributed by atoms with Crippen molar-refractivity contribution >= 4 is 17.9 Å². The van der Waals surface area contributed by atoms with Crippen LogP contribution in [0.5, 0.6) is 0 Å². The van der Waals surface area contributed by atoms with Gasteiger partial charge in [0.15, 0.2) is 0 Å². The SMILES string of the molecule is N[C@]1(C(=O)O)C[C@H](C(=O)O)N(Cc2ccc(C(=O)O)cc2)C1. The van der Waals surface area contributed by atoms with Gasteiger partial charge in [-0.05, 0) is 17.7 Å². The zero-order chi connectivity index (χ0) is 16.5. The number of hydrogen-bond acceptors (Lipinski definition) is 5. The summed E-state index contributed by atoms with van der Waals surface area (Å²) in [5.74, 6) is -3.42. The normalized spacial score (nSPS) is 25.0. The molecule has 1 saturated heterocycles. The van der Waals surface area contributed by atoms with Crippen molar-refractivity contribution < 1.29 is 29.7 Å². The maximum absolute atomic E-state index is 11.3. The Bertz CT molecular complexity index is 614. The quantitative estimate of drug-likeness (QED) is 0.587. The van der Waals surface area contributed by atoms with Crippen LogP contribution in [-0.4, -0.2) is 56.3 Å². The Hall–Kier alpha value is -2.45. The number of nitrogens with zero attached hydrogens (tertiary/aromatic N) is 1. The first-order valence-corrected chi connectivity index (χ1v) is 6.54. The van der Waals surface area contributed by atoms with E-state index in [1.807, 2.05) is 0 Å². The summed E-state index contributed by atoms with van der Waals surface area (Å²) in [5.41, 5.74) is 4.97. The second kappa shape index (κ2) is 5.74. The summed E-state index contributed by atoms with van der Waals surface area (Å²) in [5, 5.41) is 27.2. The molecule has 2 atom stereocenters. The van der Waals surface area contributed by atoms with Crippen molar-refractivity contribution in [3.63, 3.8) is 0 Å². The maximum atomic E-state index is 11.3. The molecule has 22 heavy (non-hydrogen) atoms. The second-order valence-electron chi connectivity index (χ2n) is 5.43. The molecule has 1 aliphatic rings. The first kappa shape index (κ1) is 15.9. The van der Waals surface area contributed by atoms with Crippen molar-refractivity contribution in [1.82, 2.24) is 4.90 Å². The van der Waals surface area contributed by atoms with Gasteiger partial charge in [0.25, 0.3) is 0 Å². The number of aliphatic carboxylic acids is 2. The highest BCUT2D eigenvalue weighted by Gasteiger charge is 2.49. The van der Waals surface area contributed by atoms with E-state index >= 15 is 0 Å². The average molecular weight is 308 g/mol. The lowest BCUT2D eigenvalue weighted by Gasteiger charge is -2.21. The molecule has 118 valence electrons. The van der Waals surface area contributed by atoms with E-state index in [4.69, 9.17) is 15.9 Å². The minimum atomic E-state index is -1.59. The van der Waals surface area contributed by atoms with Gasteiger partial charge in [0.1, 0.15) is 11.6 Å². The van der Waals surface area contributed by atoms with Crippen molar-refractivity contribution in [2.24, 2.45) is 5.73 Å². The molecule has 5 N–H and O–H groups in total. The molecule has 8 nitrogen and oxygen atoms in total. The molecule has 0 bridgehead atoms. The molecule has 8 heteroatoms. The predicted molar refractivity (Wildman–Crippen MR) is 74.4 cm³/mol. The van der Waals surface area contributed by atoms with Gasteiger partial charge in [0.05, 0.1) is 5.56 Å². The summed E-state index contributed by atoms with van der Waals surface area (Å²) in [7, 11) is 0. The molecule has 1 aromatic carbocycles. The predicted octanol–water partition coefficient (Wildman–Crippen LogP) is -0.174. The number of carboxylic acids is 3. The summed E-state index contributed by atoms with van der Waals surface area (Å²) in [6, 6.07) is 4.98. The van der Waals surface area contributed by atoms with E-state index in [2.05, 4.69) is 0 Å². The molecule has 1 aliphatic heterocycles. The molecule has 0 radical (unpaired) electrons. The van der Waals surface area contributed by atoms with Crippen molar-refractivity contribution in [1.29, 1.82) is 0 Å². The maximum Gasteiger partial charge on any atom is 0.335 e. The van der Waals surface area contributed by atoms with Crippen LogP contribution in [0.2, 0.25) is 0 Å². The van der Waals surface area contributed by atoms with Crippen LogP contribution in [0.4, 0.5) is 0 Å². The van der Waals surface area contributed by atoms with E-state index in [-0.39, 0.29) is 25.1 Å². The lowest BCUT2D eigenvalue weighted by Crippen LogP contribution is -2.50. The van der Waals surface area contributed by atoms with Crippen LogP contribution in [0.25, 0.3) is 0 Å². The Morgan fingerprint density at radius 2 is 1.77 bits per heavy atom. The second-order valence-corrected chi connectivity index (χ2v) is 5.43. The molecule has 0 spiro atoms. The number of hydrogen-bond donors (Lipinski definition) is 4. The Labute approximate surface area is 125 Å². The number of carbonyl (C=O) groups is 3. The number of carboxylic acid groups (broad SMARTS) is 3. The summed E-state index contributed by atoms with van der Waals surface area (Å²) >= 11 is 0. The van der Waals surface area contributed by atoms with Crippen molar-refractivity contribution in [2.45, 2.75) is 24.5 Å². The van der Waals surface area contributed by atoms with Crippen LogP contribution in [0.1, 0.15) is 22.3 Å². The van der Waals surface area contributed by atoms with Gasteiger partial charge < -0.3 is 21.1 Å². The Morgan fingerprint density at radius 1 is 1.18 bits per heavy atom. The highest BCUT2D eigenvalue weighted by Crippen LogP contribution is 2.27. The molecular weight excluding hydrogens is 292 g/mol. The monoisotopic (exact) mass is 308 g/mol. The molecule has 1 aromatic rings. The molecule has 0 amide bonds. The summed E-state index contributed by atoms with van der Waals surface area (Å²) in [6.45, 7) is 0.100. The van der Waals surface area contributed by atoms with Crippen LogP contribution < -0.4 is 5.73 Å². The van der Waals surface area contributed by atoms with Gasteiger partial charge in [-0.25, -0.2) is 4.79 Å². The molecule has 1 heterocycles. The number of likely N-dealkylation sites (tertiary alicyclic amines) is 1. The minimum Gasteiger partial charge on any atom is -0.480 e. The molecule has 0 aromatic heterocycles. The van der Waals surface area contributed by atoms with E-state index in [0.29, 0.717) is 5.56 Å².